The largest absolute Gasteiger partial charge is 0.497 e. The van der Waals surface area contributed by atoms with Gasteiger partial charge < -0.3 is 4.74 Å². The zero-order valence-electron chi connectivity index (χ0n) is 20.7. The fourth-order valence-corrected chi connectivity index (χ4v) is 5.56. The van der Waals surface area contributed by atoms with E-state index >= 15 is 0 Å². The second kappa shape index (κ2) is 10.6. The van der Waals surface area contributed by atoms with E-state index in [4.69, 9.17) is 4.74 Å². The van der Waals surface area contributed by atoms with Crippen LogP contribution in [0.1, 0.15) is 52.0 Å². The van der Waals surface area contributed by atoms with Gasteiger partial charge in [0.05, 0.1) is 17.7 Å². The number of anilines is 1. The molecule has 1 amide bonds. The summed E-state index contributed by atoms with van der Waals surface area (Å²) < 4.78 is 33.2. The highest BCUT2D eigenvalue weighted by molar-refractivity contribution is 7.92. The van der Waals surface area contributed by atoms with Gasteiger partial charge in [0.25, 0.3) is 15.9 Å². The molecule has 0 saturated heterocycles. The van der Waals surface area contributed by atoms with Crippen LogP contribution in [0.5, 0.6) is 5.75 Å². The first-order valence-electron chi connectivity index (χ1n) is 11.6. The van der Waals surface area contributed by atoms with E-state index in [2.05, 4.69) is 31.3 Å². The first-order valence-corrected chi connectivity index (χ1v) is 13.0. The van der Waals surface area contributed by atoms with Gasteiger partial charge in [0.15, 0.2) is 0 Å². The number of nitrogens with zero attached hydrogens (tertiary/aromatic N) is 2. The monoisotopic (exact) mass is 485 g/mol. The molecule has 0 atom stereocenters. The van der Waals surface area contributed by atoms with Crippen molar-refractivity contribution in [3.8, 4) is 5.75 Å². The lowest BCUT2D eigenvalue weighted by molar-refractivity contribution is -0.119. The van der Waals surface area contributed by atoms with Crippen molar-refractivity contribution in [2.24, 2.45) is 16.4 Å². The predicted molar refractivity (Wildman–Crippen MR) is 136 cm³/mol. The number of hydrogen-bond donors (Lipinski definition) is 1. The van der Waals surface area contributed by atoms with Crippen molar-refractivity contribution >= 4 is 27.3 Å². The zero-order valence-corrected chi connectivity index (χ0v) is 21.5. The van der Waals surface area contributed by atoms with Crippen molar-refractivity contribution in [1.82, 2.24) is 5.43 Å². The lowest BCUT2D eigenvalue weighted by Gasteiger charge is -2.34. The molecule has 0 radical (unpaired) electrons. The SMILES string of the molecule is COc1ccc(S(=O)(=O)N(CC(=O)NN=C2CCC(C(C)(C)C)CC2)c2ccc(C)cc2)cc1. The molecule has 1 fully saturated rings. The standard InChI is InChI=1S/C26H35N3O4S/c1-19-6-12-22(13-7-19)29(34(31,32)24-16-14-23(33-5)15-17-24)18-25(30)28-27-21-10-8-20(9-11-21)26(2,3)4/h6-7,12-17,20H,8-11,18H2,1-5H3,(H,28,30). The minimum Gasteiger partial charge on any atom is -0.497 e. The first-order chi connectivity index (χ1) is 16.0. The Morgan fingerprint density at radius 2 is 1.65 bits per heavy atom. The third kappa shape index (κ3) is 6.38. The van der Waals surface area contributed by atoms with Gasteiger partial charge in [-0.25, -0.2) is 13.8 Å². The maximum Gasteiger partial charge on any atom is 0.264 e. The average molecular weight is 486 g/mol. The number of nitrogens with one attached hydrogen (secondary N) is 1. The van der Waals surface area contributed by atoms with E-state index in [1.54, 1.807) is 24.3 Å². The van der Waals surface area contributed by atoms with E-state index in [1.807, 2.05) is 19.1 Å². The van der Waals surface area contributed by atoms with E-state index in [0.29, 0.717) is 17.4 Å². The van der Waals surface area contributed by atoms with Crippen LogP contribution in [-0.2, 0) is 14.8 Å². The number of methoxy groups -OCH3 is 1. The van der Waals surface area contributed by atoms with Crippen LogP contribution >= 0.6 is 0 Å². The fraction of sp³-hybridized carbons (Fsp3) is 0.462. The summed E-state index contributed by atoms with van der Waals surface area (Å²) in [5.41, 5.74) is 5.20. The summed E-state index contributed by atoms with van der Waals surface area (Å²) in [5, 5.41) is 4.32. The Bertz CT molecular complexity index is 1110. The summed E-state index contributed by atoms with van der Waals surface area (Å²) in [4.78, 5) is 12.9. The molecular formula is C26H35N3O4S. The van der Waals surface area contributed by atoms with Gasteiger partial charge in [-0.2, -0.15) is 5.10 Å². The summed E-state index contributed by atoms with van der Waals surface area (Å²) in [6.07, 6.45) is 3.77. The molecule has 0 spiro atoms. The first kappa shape index (κ1) is 25.7. The molecular weight excluding hydrogens is 450 g/mol. The van der Waals surface area contributed by atoms with Crippen LogP contribution in [0.4, 0.5) is 5.69 Å². The number of rotatable bonds is 7. The molecule has 0 aliphatic heterocycles. The fourth-order valence-electron chi connectivity index (χ4n) is 4.14. The number of hydrogen-bond acceptors (Lipinski definition) is 5. The van der Waals surface area contributed by atoms with E-state index < -0.39 is 15.9 Å². The summed E-state index contributed by atoms with van der Waals surface area (Å²) in [6, 6.07) is 13.1. The van der Waals surface area contributed by atoms with Crippen molar-refractivity contribution in [2.45, 2.75) is 58.3 Å². The highest BCUT2D eigenvalue weighted by Crippen LogP contribution is 2.36. The molecule has 0 unspecified atom stereocenters. The number of benzene rings is 2. The summed E-state index contributed by atoms with van der Waals surface area (Å²) in [5.74, 6) is 0.701. The van der Waals surface area contributed by atoms with E-state index in [0.717, 1.165) is 41.3 Å². The maximum atomic E-state index is 13.5. The van der Waals surface area contributed by atoms with Crippen LogP contribution in [0.3, 0.4) is 0 Å². The number of amides is 1. The average Bonchev–Trinajstić information content (AvgIpc) is 2.81. The third-order valence-electron chi connectivity index (χ3n) is 6.38. The molecule has 0 heterocycles. The van der Waals surface area contributed by atoms with Crippen molar-refractivity contribution in [3.05, 3.63) is 54.1 Å². The lowest BCUT2D eigenvalue weighted by atomic mass is 9.72. The van der Waals surface area contributed by atoms with Gasteiger partial charge in [0, 0.05) is 5.71 Å². The van der Waals surface area contributed by atoms with Crippen LogP contribution < -0.4 is 14.5 Å². The smallest absolute Gasteiger partial charge is 0.264 e. The Labute approximate surface area is 203 Å². The zero-order chi connectivity index (χ0) is 24.9. The van der Waals surface area contributed by atoms with Crippen molar-refractivity contribution < 1.29 is 17.9 Å². The second-order valence-electron chi connectivity index (χ2n) is 9.88. The number of ether oxygens (including phenoxy) is 1. The number of carbonyl (C=O) groups is 1. The second-order valence-corrected chi connectivity index (χ2v) is 11.7. The van der Waals surface area contributed by atoms with Crippen LogP contribution in [0.2, 0.25) is 0 Å². The number of hydrazone groups is 1. The van der Waals surface area contributed by atoms with Crippen molar-refractivity contribution in [3.63, 3.8) is 0 Å². The van der Waals surface area contributed by atoms with Gasteiger partial charge in [0.1, 0.15) is 12.3 Å². The van der Waals surface area contributed by atoms with Crippen LogP contribution in [0.15, 0.2) is 58.5 Å². The molecule has 184 valence electrons. The summed E-state index contributed by atoms with van der Waals surface area (Å²) in [6.45, 7) is 8.31. The van der Waals surface area contributed by atoms with Gasteiger partial charge in [-0.15, -0.1) is 0 Å². The molecule has 0 aromatic heterocycles. The Morgan fingerprint density at radius 3 is 2.18 bits per heavy atom. The molecule has 8 heteroatoms. The highest BCUT2D eigenvalue weighted by Gasteiger charge is 2.29. The Hall–Kier alpha value is -2.87. The Kier molecular flexibility index (Phi) is 8.02. The molecule has 1 saturated carbocycles. The van der Waals surface area contributed by atoms with E-state index in [-0.39, 0.29) is 16.9 Å². The van der Waals surface area contributed by atoms with Crippen molar-refractivity contribution in [1.29, 1.82) is 0 Å². The molecule has 2 aromatic rings. The molecule has 34 heavy (non-hydrogen) atoms. The minimum atomic E-state index is -3.99. The minimum absolute atomic E-state index is 0.0773. The molecule has 7 nitrogen and oxygen atoms in total. The molecule has 1 aliphatic carbocycles. The molecule has 2 aromatic carbocycles. The Morgan fingerprint density at radius 1 is 1.06 bits per heavy atom. The van der Waals surface area contributed by atoms with E-state index in [1.165, 1.54) is 19.2 Å². The van der Waals surface area contributed by atoms with Crippen molar-refractivity contribution in [2.75, 3.05) is 18.0 Å². The van der Waals surface area contributed by atoms with Gasteiger partial charge in [0.2, 0.25) is 0 Å². The topological polar surface area (TPSA) is 88.1 Å². The van der Waals surface area contributed by atoms with Crippen LogP contribution in [0, 0.1) is 18.3 Å². The van der Waals surface area contributed by atoms with Gasteiger partial charge in [-0.05, 0) is 80.3 Å². The van der Waals surface area contributed by atoms with Gasteiger partial charge in [-0.3, -0.25) is 9.10 Å². The van der Waals surface area contributed by atoms with E-state index in [9.17, 15) is 13.2 Å². The van der Waals surface area contributed by atoms with Gasteiger partial charge in [-0.1, -0.05) is 38.5 Å². The third-order valence-corrected chi connectivity index (χ3v) is 8.17. The van der Waals surface area contributed by atoms with Gasteiger partial charge >= 0.3 is 0 Å². The highest BCUT2D eigenvalue weighted by atomic mass is 32.2. The summed E-state index contributed by atoms with van der Waals surface area (Å²) in [7, 11) is -2.47. The molecule has 0 bridgehead atoms. The summed E-state index contributed by atoms with van der Waals surface area (Å²) >= 11 is 0. The quantitative estimate of drug-likeness (QED) is 0.565. The van der Waals surface area contributed by atoms with Crippen LogP contribution in [0.25, 0.3) is 0 Å². The maximum absolute atomic E-state index is 13.5. The lowest BCUT2D eigenvalue weighted by Crippen LogP contribution is -2.40. The number of aryl methyl sites for hydroxylation is 1. The molecule has 1 N–H and O–H groups in total. The number of carbonyl (C=O) groups excluding carboxylic acids is 1. The molecule has 1 aliphatic rings. The molecule has 3 rings (SSSR count). The van der Waals surface area contributed by atoms with Crippen LogP contribution in [-0.4, -0.2) is 33.7 Å². The predicted octanol–water partition coefficient (Wildman–Crippen LogP) is 4.91. The Balaban J connectivity index is 1.77. The normalized spacial score (nSPS) is 16.6. The number of sulfonamides is 1.